The first-order valence-corrected chi connectivity index (χ1v) is 8.36. The quantitative estimate of drug-likeness (QED) is 0.867. The fraction of sp³-hybridized carbons (Fsp3) is 0.667. The number of piperidine rings is 1. The molecule has 1 aliphatic rings. The molecule has 0 amide bonds. The number of benzene rings is 1. The average molecular weight is 289 g/mol. The first-order chi connectivity index (χ1) is 10.1. The van der Waals surface area contributed by atoms with Gasteiger partial charge in [0.05, 0.1) is 0 Å². The van der Waals surface area contributed by atoms with E-state index in [0.717, 1.165) is 6.54 Å². The zero-order valence-electron chi connectivity index (χ0n) is 14.1. The Balaban J connectivity index is 1.94. The zero-order chi connectivity index (χ0) is 15.2. The maximum absolute atomic E-state index is 3.55. The van der Waals surface area contributed by atoms with Gasteiger partial charge < -0.3 is 15.1 Å². The van der Waals surface area contributed by atoms with Crippen LogP contribution >= 0.6 is 0 Å². The number of hydrogen-bond donors (Lipinski definition) is 1. The summed E-state index contributed by atoms with van der Waals surface area (Å²) in [6.07, 6.45) is 3.72. The van der Waals surface area contributed by atoms with Crippen molar-refractivity contribution in [2.75, 3.05) is 38.6 Å². The van der Waals surface area contributed by atoms with Crippen molar-refractivity contribution in [1.29, 1.82) is 0 Å². The van der Waals surface area contributed by atoms with Crippen LogP contribution in [0, 0.1) is 0 Å². The van der Waals surface area contributed by atoms with Crippen LogP contribution in [0.15, 0.2) is 24.3 Å². The molecule has 1 atom stereocenters. The van der Waals surface area contributed by atoms with E-state index >= 15 is 0 Å². The van der Waals surface area contributed by atoms with Crippen molar-refractivity contribution >= 4 is 5.69 Å². The van der Waals surface area contributed by atoms with E-state index < -0.39 is 0 Å². The van der Waals surface area contributed by atoms with Crippen LogP contribution in [0.2, 0.25) is 0 Å². The van der Waals surface area contributed by atoms with Crippen LogP contribution < -0.4 is 10.2 Å². The van der Waals surface area contributed by atoms with Crippen molar-refractivity contribution in [2.24, 2.45) is 0 Å². The van der Waals surface area contributed by atoms with E-state index in [-0.39, 0.29) is 0 Å². The Hall–Kier alpha value is -1.06. The van der Waals surface area contributed by atoms with E-state index in [1.54, 1.807) is 0 Å². The number of rotatable bonds is 6. The topological polar surface area (TPSA) is 18.5 Å². The van der Waals surface area contributed by atoms with Gasteiger partial charge in [0.2, 0.25) is 0 Å². The van der Waals surface area contributed by atoms with Crippen LogP contribution in [0.5, 0.6) is 0 Å². The molecule has 1 heterocycles. The molecule has 0 saturated carbocycles. The molecule has 1 fully saturated rings. The second-order valence-corrected chi connectivity index (χ2v) is 6.41. The summed E-state index contributed by atoms with van der Waals surface area (Å²) in [6.45, 7) is 7.96. The third kappa shape index (κ3) is 4.45. The molecule has 0 radical (unpaired) electrons. The van der Waals surface area contributed by atoms with Gasteiger partial charge in [-0.1, -0.05) is 19.1 Å². The molecular formula is C18H31N3. The Kier molecular flexibility index (Phi) is 6.07. The highest BCUT2D eigenvalue weighted by molar-refractivity contribution is 5.48. The van der Waals surface area contributed by atoms with E-state index in [0.29, 0.717) is 12.1 Å². The van der Waals surface area contributed by atoms with Gasteiger partial charge in [-0.05, 0) is 70.6 Å². The first kappa shape index (κ1) is 16.3. The van der Waals surface area contributed by atoms with Crippen LogP contribution in [-0.2, 0) is 0 Å². The summed E-state index contributed by atoms with van der Waals surface area (Å²) in [5.74, 6) is 0. The number of likely N-dealkylation sites (tertiary alicyclic amines) is 1. The van der Waals surface area contributed by atoms with Crippen LogP contribution in [0.4, 0.5) is 5.69 Å². The molecule has 0 aliphatic carbocycles. The van der Waals surface area contributed by atoms with Gasteiger partial charge in [-0.15, -0.1) is 0 Å². The number of hydrogen-bond acceptors (Lipinski definition) is 3. The van der Waals surface area contributed by atoms with Crippen molar-refractivity contribution in [3.05, 3.63) is 29.8 Å². The fourth-order valence-electron chi connectivity index (χ4n) is 3.07. The van der Waals surface area contributed by atoms with E-state index in [9.17, 15) is 0 Å². The van der Waals surface area contributed by atoms with Crippen molar-refractivity contribution in [2.45, 2.75) is 45.2 Å². The lowest BCUT2D eigenvalue weighted by molar-refractivity contribution is 0.253. The Bertz CT molecular complexity index is 407. The maximum atomic E-state index is 3.55. The monoisotopic (exact) mass is 289 g/mol. The summed E-state index contributed by atoms with van der Waals surface area (Å²) < 4.78 is 0. The molecule has 1 aliphatic heterocycles. The van der Waals surface area contributed by atoms with Crippen LogP contribution in [0.1, 0.15) is 44.7 Å². The van der Waals surface area contributed by atoms with E-state index in [4.69, 9.17) is 0 Å². The minimum Gasteiger partial charge on any atom is -0.372 e. The summed E-state index contributed by atoms with van der Waals surface area (Å²) in [4.78, 5) is 4.88. The Morgan fingerprint density at radius 1 is 1.24 bits per heavy atom. The molecule has 0 bridgehead atoms. The van der Waals surface area contributed by atoms with Gasteiger partial charge in [0.1, 0.15) is 0 Å². The molecule has 2 rings (SSSR count). The highest BCUT2D eigenvalue weighted by Crippen LogP contribution is 2.23. The summed E-state index contributed by atoms with van der Waals surface area (Å²) >= 11 is 0. The Morgan fingerprint density at radius 3 is 2.43 bits per heavy atom. The van der Waals surface area contributed by atoms with E-state index in [2.05, 4.69) is 67.3 Å². The number of nitrogens with one attached hydrogen (secondary N) is 1. The predicted octanol–water partition coefficient (Wildman–Crippen LogP) is 3.28. The normalized spacial score (nSPS) is 18.7. The lowest BCUT2D eigenvalue weighted by Gasteiger charge is -2.36. The molecule has 3 nitrogen and oxygen atoms in total. The highest BCUT2D eigenvalue weighted by Gasteiger charge is 2.20. The van der Waals surface area contributed by atoms with Crippen molar-refractivity contribution < 1.29 is 0 Å². The molecule has 1 aromatic carbocycles. The minimum atomic E-state index is 0.438. The molecule has 1 N–H and O–H groups in total. The van der Waals surface area contributed by atoms with Gasteiger partial charge in [0, 0.05) is 24.8 Å². The van der Waals surface area contributed by atoms with Gasteiger partial charge >= 0.3 is 0 Å². The second kappa shape index (κ2) is 7.81. The largest absolute Gasteiger partial charge is 0.372 e. The van der Waals surface area contributed by atoms with Gasteiger partial charge in [0.15, 0.2) is 0 Å². The Labute approximate surface area is 130 Å². The van der Waals surface area contributed by atoms with Gasteiger partial charge in [0.25, 0.3) is 0 Å². The predicted molar refractivity (Wildman–Crippen MR) is 92.1 cm³/mol. The average Bonchev–Trinajstić information content (AvgIpc) is 2.53. The van der Waals surface area contributed by atoms with E-state index in [1.807, 2.05) is 0 Å². The first-order valence-electron chi connectivity index (χ1n) is 8.36. The summed E-state index contributed by atoms with van der Waals surface area (Å²) in [5.41, 5.74) is 2.72. The minimum absolute atomic E-state index is 0.438. The maximum Gasteiger partial charge on any atom is 0.0366 e. The molecule has 0 aromatic heterocycles. The molecule has 3 heteroatoms. The van der Waals surface area contributed by atoms with Gasteiger partial charge in [-0.25, -0.2) is 0 Å². The molecule has 21 heavy (non-hydrogen) atoms. The molecule has 118 valence electrons. The molecule has 1 aromatic rings. The molecule has 0 spiro atoms. The third-order valence-corrected chi connectivity index (χ3v) is 4.74. The Morgan fingerprint density at radius 2 is 1.86 bits per heavy atom. The zero-order valence-corrected chi connectivity index (χ0v) is 14.1. The van der Waals surface area contributed by atoms with Crippen molar-refractivity contribution in [1.82, 2.24) is 10.2 Å². The van der Waals surface area contributed by atoms with Crippen LogP contribution in [0.3, 0.4) is 0 Å². The highest BCUT2D eigenvalue weighted by atomic mass is 15.2. The SMILES string of the molecule is CCCNC(C)c1ccc(N(C)C2CCN(C)CC2)cc1. The standard InChI is InChI=1S/C18H31N3/c1-5-12-19-15(2)16-6-8-17(9-7-16)21(4)18-10-13-20(3)14-11-18/h6-9,15,18-19H,5,10-14H2,1-4H3. The van der Waals surface area contributed by atoms with Gasteiger partial charge in [-0.2, -0.15) is 0 Å². The number of anilines is 1. The number of nitrogens with zero attached hydrogens (tertiary/aromatic N) is 2. The summed E-state index contributed by atoms with van der Waals surface area (Å²) in [7, 11) is 4.46. The lowest BCUT2D eigenvalue weighted by atomic mass is 10.0. The van der Waals surface area contributed by atoms with Crippen molar-refractivity contribution in [3.63, 3.8) is 0 Å². The van der Waals surface area contributed by atoms with Crippen LogP contribution in [-0.4, -0.2) is 44.7 Å². The van der Waals surface area contributed by atoms with Gasteiger partial charge in [-0.3, -0.25) is 0 Å². The third-order valence-electron chi connectivity index (χ3n) is 4.74. The second-order valence-electron chi connectivity index (χ2n) is 6.41. The lowest BCUT2D eigenvalue weighted by Crippen LogP contribution is -2.41. The molecule has 1 saturated heterocycles. The summed E-state index contributed by atoms with van der Waals surface area (Å²) in [5, 5.41) is 3.55. The smallest absolute Gasteiger partial charge is 0.0366 e. The van der Waals surface area contributed by atoms with Crippen molar-refractivity contribution in [3.8, 4) is 0 Å². The van der Waals surface area contributed by atoms with Crippen LogP contribution in [0.25, 0.3) is 0 Å². The molecular weight excluding hydrogens is 258 g/mol. The van der Waals surface area contributed by atoms with E-state index in [1.165, 1.54) is 43.6 Å². The molecule has 1 unspecified atom stereocenters. The summed E-state index contributed by atoms with van der Waals surface area (Å²) in [6, 6.07) is 10.2. The fourth-order valence-corrected chi connectivity index (χ4v) is 3.07.